The molecule has 106 valence electrons. The summed E-state index contributed by atoms with van der Waals surface area (Å²) >= 11 is 1.42. The summed E-state index contributed by atoms with van der Waals surface area (Å²) in [7, 11) is 0. The SMILES string of the molecule is CC(=O)N1C[C@H](C(=O)c2cccs2)C(c2ccccc2)=N1. The number of amides is 1. The number of nitrogens with zero attached hydrogens (tertiary/aromatic N) is 2. The van der Waals surface area contributed by atoms with E-state index in [4.69, 9.17) is 0 Å². The van der Waals surface area contributed by atoms with Gasteiger partial charge in [0.05, 0.1) is 23.1 Å². The molecule has 1 aromatic heterocycles. The van der Waals surface area contributed by atoms with Crippen LogP contribution in [-0.4, -0.2) is 29.0 Å². The Hall–Kier alpha value is -2.27. The minimum atomic E-state index is -0.394. The predicted octanol–water partition coefficient (Wildman–Crippen LogP) is 2.81. The Bertz CT molecular complexity index is 692. The third-order valence-corrected chi connectivity index (χ3v) is 4.31. The lowest BCUT2D eigenvalue weighted by Crippen LogP contribution is -2.29. The molecule has 0 saturated heterocycles. The van der Waals surface area contributed by atoms with Gasteiger partial charge >= 0.3 is 0 Å². The highest BCUT2D eigenvalue weighted by molar-refractivity contribution is 7.12. The summed E-state index contributed by atoms with van der Waals surface area (Å²) in [5.74, 6) is -0.517. The summed E-state index contributed by atoms with van der Waals surface area (Å²) in [5.41, 5.74) is 1.56. The molecule has 1 atom stereocenters. The Kier molecular flexibility index (Phi) is 3.66. The molecule has 0 aliphatic carbocycles. The Balaban J connectivity index is 1.98. The second-order valence-electron chi connectivity index (χ2n) is 4.85. The topological polar surface area (TPSA) is 49.7 Å². The normalized spacial score (nSPS) is 17.7. The molecule has 3 rings (SSSR count). The van der Waals surface area contributed by atoms with E-state index in [2.05, 4.69) is 5.10 Å². The zero-order chi connectivity index (χ0) is 14.8. The van der Waals surface area contributed by atoms with Crippen LogP contribution in [0.25, 0.3) is 0 Å². The third-order valence-electron chi connectivity index (χ3n) is 3.43. The van der Waals surface area contributed by atoms with Gasteiger partial charge in [-0.2, -0.15) is 5.10 Å². The maximum atomic E-state index is 12.7. The average Bonchev–Trinajstić information content (AvgIpc) is 3.17. The van der Waals surface area contributed by atoms with Crippen LogP contribution in [0.15, 0.2) is 52.9 Å². The molecule has 1 aliphatic heterocycles. The number of hydrogen-bond acceptors (Lipinski definition) is 4. The summed E-state index contributed by atoms with van der Waals surface area (Å²) < 4.78 is 0. The van der Waals surface area contributed by atoms with Gasteiger partial charge in [-0.05, 0) is 17.0 Å². The van der Waals surface area contributed by atoms with Crippen LogP contribution >= 0.6 is 11.3 Å². The first-order valence-electron chi connectivity index (χ1n) is 6.66. The van der Waals surface area contributed by atoms with Crippen molar-refractivity contribution >= 4 is 28.7 Å². The van der Waals surface area contributed by atoms with E-state index >= 15 is 0 Å². The average molecular weight is 298 g/mol. The molecule has 0 spiro atoms. The molecule has 2 heterocycles. The van der Waals surface area contributed by atoms with E-state index < -0.39 is 5.92 Å². The van der Waals surface area contributed by atoms with Gasteiger partial charge in [0, 0.05) is 6.92 Å². The standard InChI is InChI=1S/C16H14N2O2S/c1-11(19)18-10-13(16(20)14-8-5-9-21-14)15(17-18)12-6-3-2-4-7-12/h2-9,13H,10H2,1H3/t13-/m0/s1. The number of rotatable bonds is 3. The van der Waals surface area contributed by atoms with Crippen molar-refractivity contribution in [2.24, 2.45) is 11.0 Å². The van der Waals surface area contributed by atoms with Crippen molar-refractivity contribution in [3.05, 3.63) is 58.3 Å². The highest BCUT2D eigenvalue weighted by Gasteiger charge is 2.35. The number of thiophene rings is 1. The number of Topliss-reactive ketones (excluding diaryl/α,β-unsaturated/α-hetero) is 1. The molecule has 1 aromatic carbocycles. The van der Waals surface area contributed by atoms with Crippen LogP contribution in [-0.2, 0) is 4.79 Å². The van der Waals surface area contributed by atoms with Crippen LogP contribution in [0.2, 0.25) is 0 Å². The zero-order valence-electron chi connectivity index (χ0n) is 11.5. The molecule has 0 fully saturated rings. The van der Waals surface area contributed by atoms with Gasteiger partial charge in [-0.3, -0.25) is 9.59 Å². The van der Waals surface area contributed by atoms with Crippen molar-refractivity contribution < 1.29 is 9.59 Å². The zero-order valence-corrected chi connectivity index (χ0v) is 12.3. The van der Waals surface area contributed by atoms with Crippen LogP contribution in [0.5, 0.6) is 0 Å². The third kappa shape index (κ3) is 2.64. The Morgan fingerprint density at radius 1 is 1.19 bits per heavy atom. The van der Waals surface area contributed by atoms with Gasteiger partial charge in [0.1, 0.15) is 0 Å². The molecule has 0 unspecified atom stereocenters. The largest absolute Gasteiger partial charge is 0.292 e. The van der Waals surface area contributed by atoms with Gasteiger partial charge < -0.3 is 0 Å². The molecule has 0 radical (unpaired) electrons. The predicted molar refractivity (Wildman–Crippen MR) is 82.5 cm³/mol. The number of ketones is 1. The second kappa shape index (κ2) is 5.61. The summed E-state index contributed by atoms with van der Waals surface area (Å²) in [6, 6.07) is 13.2. The minimum absolute atomic E-state index is 0.0244. The summed E-state index contributed by atoms with van der Waals surface area (Å²) in [5, 5.41) is 7.61. The van der Waals surface area contributed by atoms with Gasteiger partial charge in [-0.15, -0.1) is 11.3 Å². The minimum Gasteiger partial charge on any atom is -0.292 e. The fourth-order valence-corrected chi connectivity index (χ4v) is 3.08. The maximum Gasteiger partial charge on any atom is 0.239 e. The lowest BCUT2D eigenvalue weighted by Gasteiger charge is -2.11. The van der Waals surface area contributed by atoms with E-state index in [0.29, 0.717) is 17.1 Å². The second-order valence-corrected chi connectivity index (χ2v) is 5.79. The van der Waals surface area contributed by atoms with Gasteiger partial charge in [0.2, 0.25) is 5.91 Å². The molecule has 0 saturated carbocycles. The fourth-order valence-electron chi connectivity index (χ4n) is 2.36. The molecule has 1 amide bonds. The summed E-state index contributed by atoms with van der Waals surface area (Å²) in [6.07, 6.45) is 0. The van der Waals surface area contributed by atoms with Crippen LogP contribution in [0.4, 0.5) is 0 Å². The fraction of sp³-hybridized carbons (Fsp3) is 0.188. The lowest BCUT2D eigenvalue weighted by molar-refractivity contribution is -0.128. The van der Waals surface area contributed by atoms with Crippen LogP contribution in [0.3, 0.4) is 0 Å². The highest BCUT2D eigenvalue weighted by atomic mass is 32.1. The van der Waals surface area contributed by atoms with Crippen molar-refractivity contribution in [3.63, 3.8) is 0 Å². The van der Waals surface area contributed by atoms with Crippen molar-refractivity contribution in [1.82, 2.24) is 5.01 Å². The van der Waals surface area contributed by atoms with Crippen LogP contribution < -0.4 is 0 Å². The Morgan fingerprint density at radius 3 is 2.57 bits per heavy atom. The van der Waals surface area contributed by atoms with E-state index in [-0.39, 0.29) is 11.7 Å². The molecular weight excluding hydrogens is 284 g/mol. The van der Waals surface area contributed by atoms with Crippen LogP contribution in [0, 0.1) is 5.92 Å². The van der Waals surface area contributed by atoms with E-state index in [1.54, 1.807) is 0 Å². The van der Waals surface area contributed by atoms with E-state index in [1.807, 2.05) is 47.8 Å². The Labute approximate surface area is 126 Å². The summed E-state index contributed by atoms with van der Waals surface area (Å²) in [6.45, 7) is 1.78. The first-order chi connectivity index (χ1) is 10.2. The molecule has 0 bridgehead atoms. The molecule has 2 aromatic rings. The number of benzene rings is 1. The lowest BCUT2D eigenvalue weighted by atomic mass is 9.93. The van der Waals surface area contributed by atoms with Crippen molar-refractivity contribution in [1.29, 1.82) is 0 Å². The molecule has 5 heteroatoms. The van der Waals surface area contributed by atoms with Crippen LogP contribution in [0.1, 0.15) is 22.2 Å². The van der Waals surface area contributed by atoms with Gasteiger partial charge in [0.25, 0.3) is 0 Å². The highest BCUT2D eigenvalue weighted by Crippen LogP contribution is 2.25. The molecule has 21 heavy (non-hydrogen) atoms. The summed E-state index contributed by atoms with van der Waals surface area (Å²) in [4.78, 5) is 24.9. The quantitative estimate of drug-likeness (QED) is 0.818. The first kappa shape index (κ1) is 13.7. The monoisotopic (exact) mass is 298 g/mol. The van der Waals surface area contributed by atoms with E-state index in [0.717, 1.165) is 5.56 Å². The number of carbonyl (C=O) groups is 2. The smallest absolute Gasteiger partial charge is 0.239 e. The van der Waals surface area contributed by atoms with Gasteiger partial charge in [-0.25, -0.2) is 5.01 Å². The molecule has 0 N–H and O–H groups in total. The van der Waals surface area contributed by atoms with Gasteiger partial charge in [0.15, 0.2) is 5.78 Å². The van der Waals surface area contributed by atoms with Crippen molar-refractivity contribution in [2.45, 2.75) is 6.92 Å². The van der Waals surface area contributed by atoms with Crippen molar-refractivity contribution in [2.75, 3.05) is 6.54 Å². The Morgan fingerprint density at radius 2 is 1.95 bits per heavy atom. The van der Waals surface area contributed by atoms with Gasteiger partial charge in [-0.1, -0.05) is 36.4 Å². The number of carbonyl (C=O) groups excluding carboxylic acids is 2. The van der Waals surface area contributed by atoms with E-state index in [1.165, 1.54) is 23.3 Å². The first-order valence-corrected chi connectivity index (χ1v) is 7.54. The van der Waals surface area contributed by atoms with E-state index in [9.17, 15) is 9.59 Å². The number of hydrazone groups is 1. The number of hydrogen-bond donors (Lipinski definition) is 0. The molecule has 4 nitrogen and oxygen atoms in total. The maximum absolute atomic E-state index is 12.7. The molecular formula is C16H14N2O2S. The van der Waals surface area contributed by atoms with Crippen molar-refractivity contribution in [3.8, 4) is 0 Å². The molecule has 1 aliphatic rings.